The van der Waals surface area contributed by atoms with Crippen molar-refractivity contribution in [2.24, 2.45) is 5.92 Å². The molecule has 2 aromatic rings. The summed E-state index contributed by atoms with van der Waals surface area (Å²) < 4.78 is 13.6. The monoisotopic (exact) mass is 370 g/mol. The summed E-state index contributed by atoms with van der Waals surface area (Å²) in [6.07, 6.45) is 8.19. The van der Waals surface area contributed by atoms with E-state index >= 15 is 0 Å². The number of fused-ring (bicyclic) bond motifs is 1. The highest BCUT2D eigenvalue weighted by Gasteiger charge is 2.28. The van der Waals surface area contributed by atoms with E-state index in [0.717, 1.165) is 44.8 Å². The predicted molar refractivity (Wildman–Crippen MR) is 99.2 cm³/mol. The van der Waals surface area contributed by atoms with Crippen molar-refractivity contribution in [3.05, 3.63) is 48.3 Å². The number of aromatic nitrogens is 3. The van der Waals surface area contributed by atoms with Gasteiger partial charge in [-0.05, 0) is 43.4 Å². The van der Waals surface area contributed by atoms with Crippen LogP contribution in [0.25, 0.3) is 0 Å². The number of carbonyl (C=O) groups is 1. The van der Waals surface area contributed by atoms with Gasteiger partial charge in [0.05, 0.1) is 12.6 Å². The average molecular weight is 370 g/mol. The Hall–Kier alpha value is -2.25. The van der Waals surface area contributed by atoms with Gasteiger partial charge in [-0.1, -0.05) is 0 Å². The molecular weight excluding hydrogens is 344 g/mol. The molecule has 2 aromatic heterocycles. The maximum atomic E-state index is 12.8. The van der Waals surface area contributed by atoms with Gasteiger partial charge in [-0.3, -0.25) is 4.79 Å². The zero-order valence-electron chi connectivity index (χ0n) is 15.5. The Kier molecular flexibility index (Phi) is 5.79. The van der Waals surface area contributed by atoms with Crippen LogP contribution in [-0.4, -0.2) is 58.3 Å². The third kappa shape index (κ3) is 4.36. The molecule has 0 unspecified atom stereocenters. The molecule has 1 fully saturated rings. The van der Waals surface area contributed by atoms with E-state index in [9.17, 15) is 4.79 Å². The summed E-state index contributed by atoms with van der Waals surface area (Å²) in [6, 6.07) is 6.02. The highest BCUT2D eigenvalue weighted by molar-refractivity contribution is 5.92. The van der Waals surface area contributed by atoms with Crippen molar-refractivity contribution < 1.29 is 14.3 Å². The molecule has 0 bridgehead atoms. The maximum absolute atomic E-state index is 12.8. The van der Waals surface area contributed by atoms with Gasteiger partial charge in [-0.2, -0.15) is 0 Å². The second kappa shape index (κ2) is 8.63. The van der Waals surface area contributed by atoms with Crippen LogP contribution in [0.2, 0.25) is 0 Å². The molecule has 1 atom stereocenters. The molecule has 1 amide bonds. The Morgan fingerprint density at radius 2 is 2.19 bits per heavy atom. The molecule has 0 aliphatic carbocycles. The molecule has 7 heteroatoms. The third-order valence-electron chi connectivity index (χ3n) is 5.42. The van der Waals surface area contributed by atoms with Crippen molar-refractivity contribution >= 4 is 5.91 Å². The van der Waals surface area contributed by atoms with Gasteiger partial charge >= 0.3 is 0 Å². The lowest BCUT2D eigenvalue weighted by Gasteiger charge is -2.35. The molecule has 4 rings (SSSR count). The zero-order chi connectivity index (χ0) is 18.5. The Bertz CT molecular complexity index is 743. The summed E-state index contributed by atoms with van der Waals surface area (Å²) in [6.45, 7) is 4.49. The molecule has 0 N–H and O–H groups in total. The Labute approximate surface area is 159 Å². The number of rotatable bonds is 6. The Balaban J connectivity index is 1.35. The topological polar surface area (TPSA) is 69.5 Å². The minimum Gasteiger partial charge on any atom is -0.381 e. The lowest BCUT2D eigenvalue weighted by molar-refractivity contribution is 0.0161. The Morgan fingerprint density at radius 3 is 3.00 bits per heavy atom. The fourth-order valence-electron chi connectivity index (χ4n) is 3.87. The smallest absolute Gasteiger partial charge is 0.272 e. The van der Waals surface area contributed by atoms with Crippen LogP contribution in [0.3, 0.4) is 0 Å². The SMILES string of the molecule is O=C(c1ccncn1)N1Cc2cccn2[C@H](CCOCC2CCOCC2)C1. The molecule has 0 aromatic carbocycles. The molecular formula is C20H26N4O3. The first-order valence-electron chi connectivity index (χ1n) is 9.68. The lowest BCUT2D eigenvalue weighted by Crippen LogP contribution is -2.41. The first kappa shape index (κ1) is 18.1. The van der Waals surface area contributed by atoms with E-state index in [-0.39, 0.29) is 11.9 Å². The van der Waals surface area contributed by atoms with Crippen LogP contribution in [0.5, 0.6) is 0 Å². The molecule has 2 aliphatic rings. The first-order valence-corrected chi connectivity index (χ1v) is 9.68. The highest BCUT2D eigenvalue weighted by atomic mass is 16.5. The molecule has 27 heavy (non-hydrogen) atoms. The van der Waals surface area contributed by atoms with Crippen LogP contribution in [-0.2, 0) is 16.0 Å². The number of hydrogen-bond donors (Lipinski definition) is 0. The van der Waals surface area contributed by atoms with Crippen LogP contribution >= 0.6 is 0 Å². The summed E-state index contributed by atoms with van der Waals surface area (Å²) in [5.74, 6) is 0.570. The number of carbonyl (C=O) groups excluding carboxylic acids is 1. The number of hydrogen-bond acceptors (Lipinski definition) is 5. The maximum Gasteiger partial charge on any atom is 0.272 e. The van der Waals surface area contributed by atoms with Gasteiger partial charge in [-0.15, -0.1) is 0 Å². The normalized spacial score (nSPS) is 20.4. The average Bonchev–Trinajstić information content (AvgIpc) is 3.21. The molecule has 0 radical (unpaired) electrons. The van der Waals surface area contributed by atoms with Crippen LogP contribution in [0.15, 0.2) is 36.9 Å². The van der Waals surface area contributed by atoms with Crippen molar-refractivity contribution in [1.82, 2.24) is 19.4 Å². The van der Waals surface area contributed by atoms with Crippen molar-refractivity contribution in [2.45, 2.75) is 31.8 Å². The van der Waals surface area contributed by atoms with E-state index in [0.29, 0.717) is 31.3 Å². The third-order valence-corrected chi connectivity index (χ3v) is 5.42. The second-order valence-corrected chi connectivity index (χ2v) is 7.26. The molecule has 144 valence electrons. The molecule has 0 spiro atoms. The van der Waals surface area contributed by atoms with Crippen LogP contribution in [0.1, 0.15) is 41.5 Å². The standard InChI is InChI=1S/C20H26N4O3/c25-20(19-3-7-21-15-22-19)23-12-17-2-1-8-24(17)18(13-23)6-11-27-14-16-4-9-26-10-5-16/h1-3,7-8,15-16,18H,4-6,9-14H2/t18-/m1/s1. The molecule has 1 saturated heterocycles. The summed E-state index contributed by atoms with van der Waals surface area (Å²) in [7, 11) is 0. The van der Waals surface area contributed by atoms with Gasteiger partial charge in [0, 0.05) is 51.1 Å². The summed E-state index contributed by atoms with van der Waals surface area (Å²) in [5.41, 5.74) is 1.60. The number of nitrogens with zero attached hydrogens (tertiary/aromatic N) is 4. The molecule has 7 nitrogen and oxygen atoms in total. The van der Waals surface area contributed by atoms with Crippen LogP contribution < -0.4 is 0 Å². The van der Waals surface area contributed by atoms with E-state index < -0.39 is 0 Å². The van der Waals surface area contributed by atoms with Gasteiger partial charge in [0.2, 0.25) is 0 Å². The van der Waals surface area contributed by atoms with Crippen molar-refractivity contribution in [1.29, 1.82) is 0 Å². The molecule has 4 heterocycles. The number of ether oxygens (including phenoxy) is 2. The lowest BCUT2D eigenvalue weighted by atomic mass is 10.0. The van der Waals surface area contributed by atoms with Gasteiger partial charge in [-0.25, -0.2) is 9.97 Å². The molecule has 2 aliphatic heterocycles. The fraction of sp³-hybridized carbons (Fsp3) is 0.550. The van der Waals surface area contributed by atoms with E-state index in [1.807, 2.05) is 11.0 Å². The molecule has 0 saturated carbocycles. The summed E-state index contributed by atoms with van der Waals surface area (Å²) >= 11 is 0. The largest absolute Gasteiger partial charge is 0.381 e. The van der Waals surface area contributed by atoms with E-state index in [1.165, 1.54) is 6.33 Å². The number of amides is 1. The van der Waals surface area contributed by atoms with Crippen LogP contribution in [0.4, 0.5) is 0 Å². The van der Waals surface area contributed by atoms with E-state index in [4.69, 9.17) is 9.47 Å². The van der Waals surface area contributed by atoms with Gasteiger partial charge in [0.25, 0.3) is 5.91 Å². The zero-order valence-corrected chi connectivity index (χ0v) is 15.5. The van der Waals surface area contributed by atoms with Gasteiger partial charge in [0.1, 0.15) is 12.0 Å². The van der Waals surface area contributed by atoms with Crippen LogP contribution in [0, 0.1) is 5.92 Å². The summed E-state index contributed by atoms with van der Waals surface area (Å²) in [4.78, 5) is 22.7. The van der Waals surface area contributed by atoms with E-state index in [2.05, 4.69) is 26.8 Å². The fourth-order valence-corrected chi connectivity index (χ4v) is 3.87. The van der Waals surface area contributed by atoms with Crippen molar-refractivity contribution in [3.8, 4) is 0 Å². The second-order valence-electron chi connectivity index (χ2n) is 7.26. The van der Waals surface area contributed by atoms with Gasteiger partial charge < -0.3 is 18.9 Å². The minimum absolute atomic E-state index is 0.0435. The van der Waals surface area contributed by atoms with Crippen molar-refractivity contribution in [2.75, 3.05) is 33.0 Å². The van der Waals surface area contributed by atoms with E-state index in [1.54, 1.807) is 12.3 Å². The Morgan fingerprint density at radius 1 is 1.30 bits per heavy atom. The van der Waals surface area contributed by atoms with Gasteiger partial charge in [0.15, 0.2) is 0 Å². The minimum atomic E-state index is -0.0435. The van der Waals surface area contributed by atoms with Crippen molar-refractivity contribution in [3.63, 3.8) is 0 Å². The first-order chi connectivity index (χ1) is 13.3. The predicted octanol–water partition coefficient (Wildman–Crippen LogP) is 2.31. The highest BCUT2D eigenvalue weighted by Crippen LogP contribution is 2.25. The quantitative estimate of drug-likeness (QED) is 0.730. The summed E-state index contributed by atoms with van der Waals surface area (Å²) in [5, 5.41) is 0.